The zero-order valence-electron chi connectivity index (χ0n) is 13.1. The Bertz CT molecular complexity index is 568. The molecule has 4 heteroatoms. The number of carbonyl (C=O) groups excluding carboxylic acids is 1. The van der Waals surface area contributed by atoms with Gasteiger partial charge in [0, 0.05) is 5.92 Å². The first kappa shape index (κ1) is 15.8. The summed E-state index contributed by atoms with van der Waals surface area (Å²) in [7, 11) is 0. The van der Waals surface area contributed by atoms with Crippen LogP contribution >= 0.6 is 12.4 Å². The van der Waals surface area contributed by atoms with E-state index in [9.17, 15) is 4.79 Å². The fraction of sp³-hybridized carbons (Fsp3) is 0.611. The van der Waals surface area contributed by atoms with Gasteiger partial charge in [-0.25, -0.2) is 0 Å². The molecular formula is C18H25ClN2O. The van der Waals surface area contributed by atoms with Crippen LogP contribution in [-0.4, -0.2) is 19.0 Å². The predicted octanol–water partition coefficient (Wildman–Crippen LogP) is 2.85. The van der Waals surface area contributed by atoms with Crippen molar-refractivity contribution < 1.29 is 4.79 Å². The molecule has 2 N–H and O–H groups in total. The molecule has 4 rings (SSSR count). The maximum atomic E-state index is 12.7. The van der Waals surface area contributed by atoms with Crippen LogP contribution in [-0.2, 0) is 11.2 Å². The lowest BCUT2D eigenvalue weighted by Crippen LogP contribution is -2.36. The predicted molar refractivity (Wildman–Crippen MR) is 90.1 cm³/mol. The number of amides is 1. The second-order valence-corrected chi connectivity index (χ2v) is 7.24. The van der Waals surface area contributed by atoms with Crippen LogP contribution in [0, 0.1) is 17.3 Å². The molecule has 22 heavy (non-hydrogen) atoms. The summed E-state index contributed by atoms with van der Waals surface area (Å²) in [6.07, 6.45) is 4.52. The third-order valence-electron chi connectivity index (χ3n) is 5.90. The third kappa shape index (κ3) is 2.55. The molecule has 0 radical (unpaired) electrons. The van der Waals surface area contributed by atoms with Crippen molar-refractivity contribution in [1.82, 2.24) is 10.6 Å². The van der Waals surface area contributed by atoms with Gasteiger partial charge in [0.1, 0.15) is 0 Å². The van der Waals surface area contributed by atoms with Gasteiger partial charge in [0.15, 0.2) is 0 Å². The molecule has 1 aromatic carbocycles. The molecule has 1 spiro atoms. The highest BCUT2D eigenvalue weighted by Gasteiger charge is 2.58. The van der Waals surface area contributed by atoms with Crippen molar-refractivity contribution in [1.29, 1.82) is 0 Å². The van der Waals surface area contributed by atoms with E-state index in [4.69, 9.17) is 0 Å². The maximum absolute atomic E-state index is 12.7. The Hall–Kier alpha value is -1.06. The van der Waals surface area contributed by atoms with E-state index in [-0.39, 0.29) is 24.4 Å². The first-order chi connectivity index (χ1) is 10.2. The van der Waals surface area contributed by atoms with Crippen LogP contribution in [0.1, 0.15) is 43.4 Å². The molecule has 3 aliphatic rings. The monoisotopic (exact) mass is 320 g/mol. The zero-order chi connectivity index (χ0) is 14.4. The molecule has 0 aromatic heterocycles. The van der Waals surface area contributed by atoms with Crippen LogP contribution in [0.2, 0.25) is 0 Å². The van der Waals surface area contributed by atoms with Crippen molar-refractivity contribution >= 4 is 18.3 Å². The number of fused-ring (bicyclic) bond motifs is 1. The molecule has 1 heterocycles. The summed E-state index contributed by atoms with van der Waals surface area (Å²) in [6.45, 7) is 4.40. The van der Waals surface area contributed by atoms with Gasteiger partial charge in [0.05, 0.1) is 6.04 Å². The molecule has 0 bridgehead atoms. The lowest BCUT2D eigenvalue weighted by atomic mass is 9.91. The minimum Gasteiger partial charge on any atom is -0.349 e. The molecule has 2 aliphatic carbocycles. The van der Waals surface area contributed by atoms with E-state index < -0.39 is 0 Å². The van der Waals surface area contributed by atoms with E-state index in [1.165, 1.54) is 24.0 Å². The zero-order valence-corrected chi connectivity index (χ0v) is 13.9. The van der Waals surface area contributed by atoms with Gasteiger partial charge in [-0.2, -0.15) is 0 Å². The minimum absolute atomic E-state index is 0. The number of piperidine rings is 1. The van der Waals surface area contributed by atoms with Crippen molar-refractivity contribution in [2.75, 3.05) is 13.1 Å². The van der Waals surface area contributed by atoms with Crippen LogP contribution in [0.4, 0.5) is 0 Å². The smallest absolute Gasteiger partial charge is 0.224 e. The van der Waals surface area contributed by atoms with Gasteiger partial charge in [-0.05, 0) is 61.2 Å². The summed E-state index contributed by atoms with van der Waals surface area (Å²) in [4.78, 5) is 12.7. The summed E-state index contributed by atoms with van der Waals surface area (Å²) in [5.74, 6) is 1.07. The van der Waals surface area contributed by atoms with Crippen LogP contribution in [0.25, 0.3) is 0 Å². The Morgan fingerprint density at radius 2 is 2.00 bits per heavy atom. The quantitative estimate of drug-likeness (QED) is 0.880. The first-order valence-corrected chi connectivity index (χ1v) is 8.28. The molecule has 120 valence electrons. The van der Waals surface area contributed by atoms with Crippen LogP contribution in [0.5, 0.6) is 0 Å². The largest absolute Gasteiger partial charge is 0.349 e. The Labute approximate surface area is 138 Å². The van der Waals surface area contributed by atoms with Crippen molar-refractivity contribution in [3.05, 3.63) is 35.4 Å². The number of halogens is 1. The third-order valence-corrected chi connectivity index (χ3v) is 5.90. The van der Waals surface area contributed by atoms with Gasteiger partial charge in [0.25, 0.3) is 0 Å². The van der Waals surface area contributed by atoms with Crippen molar-refractivity contribution in [3.8, 4) is 0 Å². The van der Waals surface area contributed by atoms with E-state index in [2.05, 4.69) is 41.8 Å². The molecule has 3 atom stereocenters. The Morgan fingerprint density at radius 3 is 2.77 bits per heavy atom. The molecule has 1 saturated heterocycles. The highest BCUT2D eigenvalue weighted by Crippen LogP contribution is 2.58. The Kier molecular flexibility index (Phi) is 4.21. The molecular weight excluding hydrogens is 296 g/mol. The van der Waals surface area contributed by atoms with Gasteiger partial charge < -0.3 is 10.6 Å². The summed E-state index contributed by atoms with van der Waals surface area (Å²) >= 11 is 0. The maximum Gasteiger partial charge on any atom is 0.224 e. The summed E-state index contributed by atoms with van der Waals surface area (Å²) in [5.41, 5.74) is 3.07. The van der Waals surface area contributed by atoms with E-state index in [1.807, 2.05) is 0 Å². The number of rotatable bonds is 2. The highest BCUT2D eigenvalue weighted by molar-refractivity contribution is 5.85. The number of hydrogen-bond acceptors (Lipinski definition) is 2. The van der Waals surface area contributed by atoms with Gasteiger partial charge in [-0.15, -0.1) is 12.4 Å². The standard InChI is InChI=1S/C18H24N2O.ClH/c1-12-10-13-4-2-3-5-14(13)16(12)20-17(21)15-11-18(15)6-8-19-9-7-18;/h2-5,12,15-16,19H,6-11H2,1H3,(H,20,21);1H. The fourth-order valence-electron chi connectivity index (χ4n) is 4.46. The molecule has 1 saturated carbocycles. The molecule has 1 aromatic rings. The molecule has 3 nitrogen and oxygen atoms in total. The fourth-order valence-corrected chi connectivity index (χ4v) is 4.46. The topological polar surface area (TPSA) is 41.1 Å². The normalized spacial score (nSPS) is 31.2. The molecule has 3 unspecified atom stereocenters. The van der Waals surface area contributed by atoms with E-state index in [0.29, 0.717) is 17.2 Å². The second kappa shape index (κ2) is 5.86. The van der Waals surface area contributed by atoms with Crippen molar-refractivity contribution in [2.24, 2.45) is 17.3 Å². The number of carbonyl (C=O) groups is 1. The van der Waals surface area contributed by atoms with Gasteiger partial charge in [0.2, 0.25) is 5.91 Å². The van der Waals surface area contributed by atoms with E-state index in [0.717, 1.165) is 25.9 Å². The Balaban J connectivity index is 0.00000144. The van der Waals surface area contributed by atoms with Gasteiger partial charge in [-0.1, -0.05) is 31.2 Å². The molecule has 1 aliphatic heterocycles. The lowest BCUT2D eigenvalue weighted by molar-refractivity contribution is -0.124. The van der Waals surface area contributed by atoms with Gasteiger partial charge >= 0.3 is 0 Å². The average molecular weight is 321 g/mol. The molecule has 2 fully saturated rings. The summed E-state index contributed by atoms with van der Waals surface area (Å²) in [6, 6.07) is 8.77. The van der Waals surface area contributed by atoms with E-state index in [1.54, 1.807) is 0 Å². The number of hydrogen-bond donors (Lipinski definition) is 2. The average Bonchev–Trinajstić information content (AvgIpc) is 3.09. The summed E-state index contributed by atoms with van der Waals surface area (Å²) in [5, 5.41) is 6.76. The van der Waals surface area contributed by atoms with Crippen molar-refractivity contribution in [2.45, 2.75) is 38.6 Å². The van der Waals surface area contributed by atoms with Crippen LogP contribution < -0.4 is 10.6 Å². The SMILES string of the molecule is CC1Cc2ccccc2C1NC(=O)C1CC12CCNCC2.Cl. The first-order valence-electron chi connectivity index (χ1n) is 8.28. The van der Waals surface area contributed by atoms with E-state index >= 15 is 0 Å². The van der Waals surface area contributed by atoms with Crippen molar-refractivity contribution in [3.63, 3.8) is 0 Å². The number of nitrogens with one attached hydrogen (secondary N) is 2. The number of benzene rings is 1. The molecule has 1 amide bonds. The lowest BCUT2D eigenvalue weighted by Gasteiger charge is -2.24. The van der Waals surface area contributed by atoms with Crippen LogP contribution in [0.3, 0.4) is 0 Å². The second-order valence-electron chi connectivity index (χ2n) is 7.24. The minimum atomic E-state index is 0. The Morgan fingerprint density at radius 1 is 1.27 bits per heavy atom. The summed E-state index contributed by atoms with van der Waals surface area (Å²) < 4.78 is 0. The highest BCUT2D eigenvalue weighted by atomic mass is 35.5. The van der Waals surface area contributed by atoms with Crippen LogP contribution in [0.15, 0.2) is 24.3 Å². The van der Waals surface area contributed by atoms with Gasteiger partial charge in [-0.3, -0.25) is 4.79 Å².